The average Bonchev–Trinajstić information content (AvgIpc) is 3.26. The second-order valence-corrected chi connectivity index (χ2v) is 11.0. The monoisotopic (exact) mass is 404 g/mol. The lowest BCUT2D eigenvalue weighted by Gasteiger charge is -2.64. The molecule has 0 radical (unpaired) electrons. The van der Waals surface area contributed by atoms with Gasteiger partial charge in [0.25, 0.3) is 0 Å². The van der Waals surface area contributed by atoms with Crippen LogP contribution in [-0.4, -0.2) is 32.6 Å². The van der Waals surface area contributed by atoms with Gasteiger partial charge in [0.2, 0.25) is 0 Å². The molecule has 4 aliphatic rings. The molecule has 4 aliphatic carbocycles. The molecule has 6 heteroatoms. The quantitative estimate of drug-likeness (QED) is 0.701. The number of fused-ring (bicyclic) bond motifs is 5. The summed E-state index contributed by atoms with van der Waals surface area (Å²) in [6, 6.07) is 0. The Morgan fingerprint density at radius 3 is 2.48 bits per heavy atom. The molecule has 29 heavy (non-hydrogen) atoms. The van der Waals surface area contributed by atoms with Gasteiger partial charge in [0.05, 0.1) is 12.2 Å². The number of H-pyrrole nitrogens is 1. The zero-order valence-electron chi connectivity index (χ0n) is 17.9. The van der Waals surface area contributed by atoms with Crippen LogP contribution in [0.1, 0.15) is 83.9 Å². The Labute approximate surface area is 172 Å². The summed E-state index contributed by atoms with van der Waals surface area (Å²) in [6.45, 7) is 7.01. The van der Waals surface area contributed by atoms with Gasteiger partial charge in [0.1, 0.15) is 0 Å². The third kappa shape index (κ3) is 2.67. The molecule has 0 aromatic carbocycles. The molecular weight excluding hydrogens is 368 g/mol. The van der Waals surface area contributed by atoms with E-state index >= 15 is 0 Å². The number of hydrogen-bond acceptors (Lipinski definition) is 5. The van der Waals surface area contributed by atoms with Gasteiger partial charge in [-0.25, -0.2) is 4.79 Å². The summed E-state index contributed by atoms with van der Waals surface area (Å²) in [5, 5.41) is 26.1. The maximum absolute atomic E-state index is 11.7. The molecular formula is C23H36N2O4. The van der Waals surface area contributed by atoms with Crippen molar-refractivity contribution in [1.29, 1.82) is 0 Å². The number of rotatable bonds is 2. The summed E-state index contributed by atoms with van der Waals surface area (Å²) in [6.07, 6.45) is 7.58. The molecule has 5 rings (SSSR count). The van der Waals surface area contributed by atoms with E-state index in [-0.39, 0.29) is 34.9 Å². The lowest BCUT2D eigenvalue weighted by atomic mass is 9.41. The van der Waals surface area contributed by atoms with Gasteiger partial charge in [-0.3, -0.25) is 9.51 Å². The van der Waals surface area contributed by atoms with E-state index < -0.39 is 5.76 Å². The van der Waals surface area contributed by atoms with Crippen molar-refractivity contribution < 1.29 is 14.7 Å². The third-order valence-corrected chi connectivity index (χ3v) is 10.2. The van der Waals surface area contributed by atoms with Crippen molar-refractivity contribution in [1.82, 2.24) is 10.1 Å². The number of hydrogen-bond donors (Lipinski definition) is 3. The SMILES string of the molecule is CC[C@H]1[C@@H](O)[C@H]2C3CC[C@H](c4noc(=O)[nH]4)[C@@]3(C)CCC2[C@@]2(C)CC[C@@H](O)C[C@@H]12. The van der Waals surface area contributed by atoms with Crippen LogP contribution in [0.15, 0.2) is 9.32 Å². The predicted octanol–water partition coefficient (Wildman–Crippen LogP) is 3.46. The lowest BCUT2D eigenvalue weighted by molar-refractivity contribution is -0.200. The lowest BCUT2D eigenvalue weighted by Crippen LogP contribution is -2.62. The van der Waals surface area contributed by atoms with E-state index in [0.29, 0.717) is 29.5 Å². The Morgan fingerprint density at radius 2 is 1.79 bits per heavy atom. The summed E-state index contributed by atoms with van der Waals surface area (Å²) >= 11 is 0. The molecule has 162 valence electrons. The van der Waals surface area contributed by atoms with Gasteiger partial charge in [0.15, 0.2) is 5.82 Å². The number of aliphatic hydroxyl groups excluding tert-OH is 2. The van der Waals surface area contributed by atoms with Crippen LogP contribution in [0.4, 0.5) is 0 Å². The minimum absolute atomic E-state index is 0.0393. The second-order valence-electron chi connectivity index (χ2n) is 11.0. The Hall–Kier alpha value is -1.14. The van der Waals surface area contributed by atoms with E-state index in [1.807, 2.05) is 0 Å². The normalized spacial score (nSPS) is 51.9. The average molecular weight is 405 g/mol. The van der Waals surface area contributed by atoms with Crippen molar-refractivity contribution in [2.75, 3.05) is 0 Å². The van der Waals surface area contributed by atoms with Gasteiger partial charge in [-0.05, 0) is 85.4 Å². The molecule has 0 amide bonds. The number of nitrogens with zero attached hydrogens (tertiary/aromatic N) is 1. The van der Waals surface area contributed by atoms with Crippen LogP contribution in [0.5, 0.6) is 0 Å². The number of aromatic amines is 1. The molecule has 4 fully saturated rings. The molecule has 0 aliphatic heterocycles. The Morgan fingerprint density at radius 1 is 1.07 bits per heavy atom. The summed E-state index contributed by atoms with van der Waals surface area (Å²) < 4.78 is 4.83. The van der Waals surface area contributed by atoms with E-state index in [0.717, 1.165) is 51.4 Å². The molecule has 10 atom stereocenters. The minimum Gasteiger partial charge on any atom is -0.393 e. The van der Waals surface area contributed by atoms with Crippen LogP contribution in [0.3, 0.4) is 0 Å². The van der Waals surface area contributed by atoms with Gasteiger partial charge in [0, 0.05) is 5.92 Å². The van der Waals surface area contributed by atoms with Crippen LogP contribution in [-0.2, 0) is 0 Å². The van der Waals surface area contributed by atoms with Crippen LogP contribution < -0.4 is 5.76 Å². The van der Waals surface area contributed by atoms with Gasteiger partial charge < -0.3 is 10.2 Å². The van der Waals surface area contributed by atoms with E-state index in [9.17, 15) is 15.0 Å². The van der Waals surface area contributed by atoms with Crippen molar-refractivity contribution in [3.05, 3.63) is 16.4 Å². The van der Waals surface area contributed by atoms with Crippen molar-refractivity contribution in [3.8, 4) is 0 Å². The maximum Gasteiger partial charge on any atom is 0.438 e. The van der Waals surface area contributed by atoms with Gasteiger partial charge in [-0.2, -0.15) is 0 Å². The Bertz CT molecular complexity index is 820. The topological polar surface area (TPSA) is 99.4 Å². The first-order valence-corrected chi connectivity index (χ1v) is 11.7. The standard InChI is InChI=1S/C23H36N2O4/c1-4-13-17-11-12(26)7-9-23(17,3)15-8-10-22(2)14(18(15)19(13)27)5-6-16(22)20-24-21(28)29-25-20/h12-19,26-27H,4-11H2,1-3H3,(H,24,25,28)/t12-,13-,14?,15?,16-,17+,18+,19-,22+,23-/m1/s1. The van der Waals surface area contributed by atoms with Crippen molar-refractivity contribution >= 4 is 0 Å². The smallest absolute Gasteiger partial charge is 0.393 e. The van der Waals surface area contributed by atoms with Gasteiger partial charge in [-0.15, -0.1) is 0 Å². The van der Waals surface area contributed by atoms with Crippen LogP contribution >= 0.6 is 0 Å². The van der Waals surface area contributed by atoms with E-state index in [1.165, 1.54) is 0 Å². The maximum atomic E-state index is 11.7. The fourth-order valence-electron chi connectivity index (χ4n) is 8.80. The first kappa shape index (κ1) is 19.8. The van der Waals surface area contributed by atoms with Crippen LogP contribution in [0.2, 0.25) is 0 Å². The molecule has 4 saturated carbocycles. The summed E-state index contributed by atoms with van der Waals surface area (Å²) in [5.41, 5.74) is 0.253. The zero-order chi connectivity index (χ0) is 20.6. The fraction of sp³-hybridized carbons (Fsp3) is 0.913. The number of aromatic nitrogens is 2. The largest absolute Gasteiger partial charge is 0.438 e. The molecule has 0 bridgehead atoms. The zero-order valence-corrected chi connectivity index (χ0v) is 17.9. The van der Waals surface area contributed by atoms with Crippen molar-refractivity contribution in [2.45, 2.75) is 90.3 Å². The third-order valence-electron chi connectivity index (χ3n) is 10.2. The molecule has 1 aromatic heterocycles. The van der Waals surface area contributed by atoms with Gasteiger partial charge in [-0.1, -0.05) is 32.3 Å². The first-order chi connectivity index (χ1) is 13.8. The van der Waals surface area contributed by atoms with Crippen LogP contribution in [0, 0.1) is 40.4 Å². The van der Waals surface area contributed by atoms with E-state index in [1.54, 1.807) is 0 Å². The highest BCUT2D eigenvalue weighted by Crippen LogP contribution is 2.69. The molecule has 6 nitrogen and oxygen atoms in total. The molecule has 1 heterocycles. The van der Waals surface area contributed by atoms with Gasteiger partial charge >= 0.3 is 5.76 Å². The Balaban J connectivity index is 1.52. The van der Waals surface area contributed by atoms with Crippen molar-refractivity contribution in [2.24, 2.45) is 40.4 Å². The highest BCUT2D eigenvalue weighted by Gasteiger charge is 2.65. The summed E-state index contributed by atoms with van der Waals surface area (Å²) in [5.74, 6) is 2.38. The highest BCUT2D eigenvalue weighted by molar-refractivity contribution is 5.17. The minimum atomic E-state index is -0.472. The molecule has 3 N–H and O–H groups in total. The first-order valence-electron chi connectivity index (χ1n) is 11.7. The van der Waals surface area contributed by atoms with E-state index in [4.69, 9.17) is 4.52 Å². The molecule has 0 saturated heterocycles. The molecule has 1 aromatic rings. The van der Waals surface area contributed by atoms with Crippen LogP contribution in [0.25, 0.3) is 0 Å². The number of nitrogens with one attached hydrogen (secondary N) is 1. The highest BCUT2D eigenvalue weighted by atomic mass is 16.5. The second kappa shape index (κ2) is 6.68. The summed E-state index contributed by atoms with van der Waals surface area (Å²) in [4.78, 5) is 14.4. The Kier molecular flexibility index (Phi) is 4.56. The summed E-state index contributed by atoms with van der Waals surface area (Å²) in [7, 11) is 0. The number of aliphatic hydroxyl groups is 2. The fourth-order valence-corrected chi connectivity index (χ4v) is 8.80. The molecule has 2 unspecified atom stereocenters. The van der Waals surface area contributed by atoms with Crippen molar-refractivity contribution in [3.63, 3.8) is 0 Å². The van der Waals surface area contributed by atoms with E-state index in [2.05, 4.69) is 30.9 Å². The molecule has 0 spiro atoms. The predicted molar refractivity (Wildman–Crippen MR) is 108 cm³/mol.